The highest BCUT2D eigenvalue weighted by Gasteiger charge is 2.65. The van der Waals surface area contributed by atoms with E-state index in [1.165, 1.54) is 0 Å². The number of nitrogens with zero attached hydrogens (tertiary/aromatic N) is 3. The lowest BCUT2D eigenvalue weighted by atomic mass is 10.0. The van der Waals surface area contributed by atoms with Gasteiger partial charge in [0, 0.05) is 18.5 Å². The number of amides is 2. The third-order valence-electron chi connectivity index (χ3n) is 6.57. The molecule has 2 aromatic carbocycles. The molecule has 0 saturated carbocycles. The zero-order valence-electron chi connectivity index (χ0n) is 15.7. The molecule has 3 aromatic rings. The first-order valence-electron chi connectivity index (χ1n) is 9.92. The summed E-state index contributed by atoms with van der Waals surface area (Å²) in [4.78, 5) is 37.3. The molecule has 0 bridgehead atoms. The number of benzene rings is 2. The molecule has 2 amide bonds. The Morgan fingerprint density at radius 1 is 1.21 bits per heavy atom. The maximum atomic E-state index is 13.3. The van der Waals surface area contributed by atoms with Crippen molar-refractivity contribution in [2.75, 3.05) is 13.2 Å². The Hall–Kier alpha value is -3.19. The molecule has 3 aliphatic rings. The Bertz CT molecular complexity index is 1130. The summed E-state index contributed by atoms with van der Waals surface area (Å²) < 4.78 is 6.30. The molecule has 1 N–H and O–H groups in total. The van der Waals surface area contributed by atoms with E-state index in [9.17, 15) is 9.59 Å². The maximum Gasteiger partial charge on any atom is 0.254 e. The molecule has 7 nitrogen and oxygen atoms in total. The molecular formula is C22H20N4O3. The highest BCUT2D eigenvalue weighted by Crippen LogP contribution is 2.51. The van der Waals surface area contributed by atoms with Crippen LogP contribution >= 0.6 is 0 Å². The second-order valence-electron chi connectivity index (χ2n) is 7.95. The average Bonchev–Trinajstić information content (AvgIpc) is 3.49. The number of hydrogen-bond donors (Lipinski definition) is 1. The smallest absolute Gasteiger partial charge is 0.254 e. The number of aromatic amines is 1. The number of rotatable bonds is 2. The normalized spacial score (nSPS) is 28.2. The fourth-order valence-electron chi connectivity index (χ4n) is 5.24. The number of aromatic nitrogens is 2. The van der Waals surface area contributed by atoms with Crippen molar-refractivity contribution in [3.63, 3.8) is 0 Å². The highest BCUT2D eigenvalue weighted by atomic mass is 16.5. The molecule has 3 aliphatic heterocycles. The summed E-state index contributed by atoms with van der Waals surface area (Å²) in [7, 11) is 0. The van der Waals surface area contributed by atoms with Gasteiger partial charge in [-0.25, -0.2) is 4.98 Å². The zero-order valence-corrected chi connectivity index (χ0v) is 15.7. The molecular weight excluding hydrogens is 368 g/mol. The Balaban J connectivity index is 1.33. The van der Waals surface area contributed by atoms with E-state index in [2.05, 4.69) is 9.97 Å². The van der Waals surface area contributed by atoms with Crippen molar-refractivity contribution in [3.05, 3.63) is 66.0 Å². The molecule has 0 radical (unpaired) electrons. The Labute approximate surface area is 167 Å². The van der Waals surface area contributed by atoms with Crippen LogP contribution < -0.4 is 0 Å². The van der Waals surface area contributed by atoms with Gasteiger partial charge in [-0.1, -0.05) is 30.3 Å². The number of likely N-dealkylation sites (tertiary alicyclic amines) is 1. The van der Waals surface area contributed by atoms with Crippen molar-refractivity contribution in [2.24, 2.45) is 0 Å². The molecule has 1 aromatic heterocycles. The van der Waals surface area contributed by atoms with E-state index >= 15 is 0 Å². The van der Waals surface area contributed by atoms with Crippen molar-refractivity contribution in [1.82, 2.24) is 19.8 Å². The first kappa shape index (κ1) is 16.7. The van der Waals surface area contributed by atoms with Crippen molar-refractivity contribution < 1.29 is 14.3 Å². The van der Waals surface area contributed by atoms with E-state index < -0.39 is 5.72 Å². The molecule has 1 spiro atoms. The van der Waals surface area contributed by atoms with Crippen LogP contribution in [0.1, 0.15) is 34.8 Å². The number of imidazole rings is 1. The third-order valence-corrected chi connectivity index (χ3v) is 6.57. The maximum absolute atomic E-state index is 13.3. The van der Waals surface area contributed by atoms with Gasteiger partial charge in [0.2, 0.25) is 5.91 Å². The number of hydrogen-bond acceptors (Lipinski definition) is 4. The van der Waals surface area contributed by atoms with Crippen molar-refractivity contribution in [1.29, 1.82) is 0 Å². The number of carbonyl (C=O) groups is 2. The van der Waals surface area contributed by atoms with Crippen LogP contribution in [0.5, 0.6) is 0 Å². The van der Waals surface area contributed by atoms with Crippen LogP contribution in [-0.4, -0.2) is 56.5 Å². The molecule has 7 heteroatoms. The predicted molar refractivity (Wildman–Crippen MR) is 105 cm³/mol. The summed E-state index contributed by atoms with van der Waals surface area (Å²) in [6.07, 6.45) is 2.57. The number of fused-ring (bicyclic) bond motifs is 1. The monoisotopic (exact) mass is 388 g/mol. The number of nitrogens with one attached hydrogen (secondary N) is 1. The Morgan fingerprint density at radius 3 is 2.93 bits per heavy atom. The second kappa shape index (κ2) is 5.90. The van der Waals surface area contributed by atoms with Crippen LogP contribution in [0.4, 0.5) is 0 Å². The molecule has 3 atom stereocenters. The van der Waals surface area contributed by atoms with E-state index in [-0.39, 0.29) is 23.9 Å². The van der Waals surface area contributed by atoms with Crippen LogP contribution in [-0.2, 0) is 9.53 Å². The van der Waals surface area contributed by atoms with Gasteiger partial charge in [0.05, 0.1) is 42.5 Å². The lowest BCUT2D eigenvalue weighted by Gasteiger charge is -2.33. The number of H-pyrrole nitrogens is 1. The zero-order chi connectivity index (χ0) is 19.6. The van der Waals surface area contributed by atoms with Gasteiger partial charge >= 0.3 is 0 Å². The third kappa shape index (κ3) is 2.25. The van der Waals surface area contributed by atoms with Gasteiger partial charge in [-0.05, 0) is 23.8 Å². The Kier molecular flexibility index (Phi) is 3.41. The van der Waals surface area contributed by atoms with Crippen molar-refractivity contribution in [3.8, 4) is 0 Å². The van der Waals surface area contributed by atoms with Gasteiger partial charge in [-0.3, -0.25) is 9.59 Å². The summed E-state index contributed by atoms with van der Waals surface area (Å²) in [5, 5.41) is 0. The van der Waals surface area contributed by atoms with E-state index in [4.69, 9.17) is 4.74 Å². The minimum atomic E-state index is -0.703. The van der Waals surface area contributed by atoms with Crippen LogP contribution in [0.15, 0.2) is 54.9 Å². The van der Waals surface area contributed by atoms with E-state index in [0.29, 0.717) is 31.6 Å². The summed E-state index contributed by atoms with van der Waals surface area (Å²) in [5.74, 6) is -0.00680. The first-order valence-corrected chi connectivity index (χ1v) is 9.92. The van der Waals surface area contributed by atoms with Crippen LogP contribution in [0.25, 0.3) is 11.0 Å². The molecule has 3 fully saturated rings. The lowest BCUT2D eigenvalue weighted by molar-refractivity contribution is -0.138. The quantitative estimate of drug-likeness (QED) is 0.732. The van der Waals surface area contributed by atoms with Crippen LogP contribution in [0.3, 0.4) is 0 Å². The summed E-state index contributed by atoms with van der Waals surface area (Å²) in [6, 6.07) is 15.1. The van der Waals surface area contributed by atoms with E-state index in [0.717, 1.165) is 16.6 Å². The summed E-state index contributed by atoms with van der Waals surface area (Å²) in [5.41, 5.74) is 2.63. The SMILES string of the molecule is O=C(c1ccc2nc[nH]c2c1)N1CC[C@@]23OC[C@@H](c4ccccc4)N2C(=O)C[C@@H]13. The van der Waals surface area contributed by atoms with Crippen LogP contribution in [0, 0.1) is 0 Å². The standard InChI is InChI=1S/C22H20N4O3/c27-20-11-19-22(26(20)18(12-29-22)14-4-2-1-3-5-14)8-9-25(19)21(28)15-6-7-16-17(10-15)24-13-23-16/h1-7,10,13,18-19H,8-9,11-12H2,(H,23,24)/t18-,19+,22-/m0/s1. The summed E-state index contributed by atoms with van der Waals surface area (Å²) in [6.45, 7) is 1.05. The van der Waals surface area contributed by atoms with Gasteiger partial charge < -0.3 is 19.5 Å². The minimum Gasteiger partial charge on any atom is -0.351 e. The fourth-order valence-corrected chi connectivity index (χ4v) is 5.24. The molecule has 4 heterocycles. The molecule has 146 valence electrons. The minimum absolute atomic E-state index is 0.0582. The predicted octanol–water partition coefficient (Wildman–Crippen LogP) is 2.48. The molecule has 3 saturated heterocycles. The van der Waals surface area contributed by atoms with Crippen LogP contribution in [0.2, 0.25) is 0 Å². The summed E-state index contributed by atoms with van der Waals surface area (Å²) >= 11 is 0. The highest BCUT2D eigenvalue weighted by molar-refractivity contribution is 5.98. The molecule has 0 unspecified atom stereocenters. The molecule has 6 rings (SSSR count). The fraction of sp³-hybridized carbons (Fsp3) is 0.318. The largest absolute Gasteiger partial charge is 0.351 e. The lowest BCUT2D eigenvalue weighted by Crippen LogP contribution is -2.49. The van der Waals surface area contributed by atoms with Gasteiger partial charge in [0.1, 0.15) is 0 Å². The number of ether oxygens (including phenoxy) is 1. The van der Waals surface area contributed by atoms with Gasteiger partial charge in [0.15, 0.2) is 5.72 Å². The van der Waals surface area contributed by atoms with E-state index in [1.54, 1.807) is 12.4 Å². The van der Waals surface area contributed by atoms with Gasteiger partial charge in [-0.2, -0.15) is 0 Å². The van der Waals surface area contributed by atoms with Gasteiger partial charge in [-0.15, -0.1) is 0 Å². The average molecular weight is 388 g/mol. The Morgan fingerprint density at radius 2 is 2.07 bits per heavy atom. The molecule has 0 aliphatic carbocycles. The number of carbonyl (C=O) groups excluding carboxylic acids is 2. The molecule has 29 heavy (non-hydrogen) atoms. The van der Waals surface area contributed by atoms with Gasteiger partial charge in [0.25, 0.3) is 5.91 Å². The van der Waals surface area contributed by atoms with Crippen molar-refractivity contribution >= 4 is 22.8 Å². The topological polar surface area (TPSA) is 78.5 Å². The van der Waals surface area contributed by atoms with Crippen molar-refractivity contribution in [2.45, 2.75) is 30.7 Å². The first-order chi connectivity index (χ1) is 14.2. The van der Waals surface area contributed by atoms with E-state index in [1.807, 2.05) is 52.3 Å². The second-order valence-corrected chi connectivity index (χ2v) is 7.95.